The lowest BCUT2D eigenvalue weighted by molar-refractivity contribution is 0.129. The number of piperazine rings is 1. The Labute approximate surface area is 155 Å². The average molecular weight is 356 g/mol. The van der Waals surface area contributed by atoms with Gasteiger partial charge < -0.3 is 25.2 Å². The van der Waals surface area contributed by atoms with Crippen molar-refractivity contribution in [2.45, 2.75) is 46.0 Å². The van der Waals surface area contributed by atoms with E-state index in [1.165, 1.54) is 58.5 Å². The summed E-state index contributed by atoms with van der Waals surface area (Å²) in [5.41, 5.74) is 0. The Morgan fingerprint density at radius 1 is 0.880 bits per heavy atom. The summed E-state index contributed by atoms with van der Waals surface area (Å²) in [5.74, 6) is 0.908. The lowest BCUT2D eigenvalue weighted by Gasteiger charge is -2.34. The fourth-order valence-electron chi connectivity index (χ4n) is 2.95. The first-order valence-corrected chi connectivity index (χ1v) is 10.3. The normalized spacial score (nSPS) is 17.0. The van der Waals surface area contributed by atoms with Gasteiger partial charge in [0, 0.05) is 59.5 Å². The van der Waals surface area contributed by atoms with E-state index in [0.717, 1.165) is 45.1 Å². The Morgan fingerprint density at radius 2 is 1.52 bits per heavy atom. The van der Waals surface area contributed by atoms with Gasteiger partial charge in [-0.25, -0.2) is 0 Å². The number of nitrogens with zero attached hydrogens (tertiary/aromatic N) is 3. The molecular formula is C19H41N5O. The van der Waals surface area contributed by atoms with Crippen LogP contribution in [0.1, 0.15) is 46.0 Å². The molecule has 1 saturated heterocycles. The van der Waals surface area contributed by atoms with Crippen molar-refractivity contribution in [1.82, 2.24) is 20.4 Å². The summed E-state index contributed by atoms with van der Waals surface area (Å²) in [6.07, 6.45) is 5.82. The Morgan fingerprint density at radius 3 is 2.16 bits per heavy atom. The van der Waals surface area contributed by atoms with Crippen molar-refractivity contribution in [1.29, 1.82) is 0 Å². The van der Waals surface area contributed by atoms with Crippen molar-refractivity contribution in [2.75, 3.05) is 72.6 Å². The second kappa shape index (κ2) is 15.4. The van der Waals surface area contributed by atoms with Crippen molar-refractivity contribution < 1.29 is 4.74 Å². The summed E-state index contributed by atoms with van der Waals surface area (Å²) in [6, 6.07) is 0. The van der Waals surface area contributed by atoms with Gasteiger partial charge in [0.1, 0.15) is 0 Å². The highest BCUT2D eigenvalue weighted by atomic mass is 16.5. The highest BCUT2D eigenvalue weighted by Gasteiger charge is 2.14. The molecule has 0 aromatic rings. The third kappa shape index (κ3) is 11.4. The predicted octanol–water partition coefficient (Wildman–Crippen LogP) is 1.78. The fraction of sp³-hybridized carbons (Fsp3) is 0.947. The Hall–Kier alpha value is -0.850. The number of guanidine groups is 1. The average Bonchev–Trinajstić information content (AvgIpc) is 2.65. The van der Waals surface area contributed by atoms with Gasteiger partial charge in [-0.05, 0) is 38.8 Å². The molecule has 0 bridgehead atoms. The van der Waals surface area contributed by atoms with Crippen molar-refractivity contribution in [3.05, 3.63) is 0 Å². The zero-order chi connectivity index (χ0) is 18.2. The van der Waals surface area contributed by atoms with Crippen LogP contribution in [-0.4, -0.2) is 88.4 Å². The molecule has 1 rings (SSSR count). The number of hydrogen-bond acceptors (Lipinski definition) is 4. The van der Waals surface area contributed by atoms with Gasteiger partial charge in [-0.2, -0.15) is 0 Å². The van der Waals surface area contributed by atoms with E-state index in [0.29, 0.717) is 0 Å². The molecule has 6 heteroatoms. The monoisotopic (exact) mass is 355 g/mol. The number of aliphatic imine (C=N–C) groups is 1. The number of unbranched alkanes of at least 4 members (excludes halogenated alkanes) is 2. The molecule has 0 saturated carbocycles. The van der Waals surface area contributed by atoms with E-state index in [9.17, 15) is 0 Å². The van der Waals surface area contributed by atoms with Crippen molar-refractivity contribution in [3.63, 3.8) is 0 Å². The minimum atomic E-state index is 0.829. The first kappa shape index (κ1) is 22.2. The van der Waals surface area contributed by atoms with Gasteiger partial charge in [0.05, 0.1) is 0 Å². The van der Waals surface area contributed by atoms with E-state index in [1.54, 1.807) is 0 Å². The van der Waals surface area contributed by atoms with Crippen LogP contribution in [0.5, 0.6) is 0 Å². The van der Waals surface area contributed by atoms with Gasteiger partial charge in [-0.3, -0.25) is 4.99 Å². The standard InChI is InChI=1S/C19H41N5O/c1-4-6-17-25-18-9-11-22-19(20-3)21-10-7-8-12-24-15-13-23(5-2)14-16-24/h4-18H2,1-3H3,(H2,20,21,22). The number of rotatable bonds is 13. The van der Waals surface area contributed by atoms with Crippen LogP contribution in [0.2, 0.25) is 0 Å². The Bertz CT molecular complexity index is 330. The lowest BCUT2D eigenvalue weighted by atomic mass is 10.2. The van der Waals surface area contributed by atoms with Crippen LogP contribution in [0.4, 0.5) is 0 Å². The van der Waals surface area contributed by atoms with Crippen LogP contribution in [0.25, 0.3) is 0 Å². The van der Waals surface area contributed by atoms with Gasteiger partial charge >= 0.3 is 0 Å². The summed E-state index contributed by atoms with van der Waals surface area (Å²) in [7, 11) is 1.83. The number of nitrogens with one attached hydrogen (secondary N) is 2. The molecule has 148 valence electrons. The lowest BCUT2D eigenvalue weighted by Crippen LogP contribution is -2.46. The fourth-order valence-corrected chi connectivity index (χ4v) is 2.95. The van der Waals surface area contributed by atoms with Gasteiger partial charge in [0.2, 0.25) is 0 Å². The van der Waals surface area contributed by atoms with Crippen molar-refractivity contribution in [2.24, 2.45) is 4.99 Å². The number of ether oxygens (including phenoxy) is 1. The molecular weight excluding hydrogens is 314 g/mol. The summed E-state index contributed by atoms with van der Waals surface area (Å²) in [6.45, 7) is 15.4. The summed E-state index contributed by atoms with van der Waals surface area (Å²) < 4.78 is 5.57. The Kier molecular flexibility index (Phi) is 13.7. The molecule has 25 heavy (non-hydrogen) atoms. The van der Waals surface area contributed by atoms with Crippen LogP contribution >= 0.6 is 0 Å². The van der Waals surface area contributed by atoms with E-state index < -0.39 is 0 Å². The van der Waals surface area contributed by atoms with E-state index in [4.69, 9.17) is 4.74 Å². The minimum Gasteiger partial charge on any atom is -0.381 e. The topological polar surface area (TPSA) is 52.1 Å². The molecule has 1 aliphatic rings. The largest absolute Gasteiger partial charge is 0.381 e. The molecule has 0 aromatic heterocycles. The van der Waals surface area contributed by atoms with Gasteiger partial charge in [0.25, 0.3) is 0 Å². The third-order valence-electron chi connectivity index (χ3n) is 4.73. The highest BCUT2D eigenvalue weighted by molar-refractivity contribution is 5.79. The van der Waals surface area contributed by atoms with Crippen LogP contribution in [-0.2, 0) is 4.74 Å². The first-order chi connectivity index (χ1) is 12.3. The quantitative estimate of drug-likeness (QED) is 0.300. The van der Waals surface area contributed by atoms with E-state index >= 15 is 0 Å². The summed E-state index contributed by atoms with van der Waals surface area (Å²) in [4.78, 5) is 9.40. The first-order valence-electron chi connectivity index (χ1n) is 10.3. The summed E-state index contributed by atoms with van der Waals surface area (Å²) in [5, 5.41) is 6.76. The molecule has 0 amide bonds. The van der Waals surface area contributed by atoms with Crippen LogP contribution in [0.15, 0.2) is 4.99 Å². The minimum absolute atomic E-state index is 0.829. The molecule has 1 aliphatic heterocycles. The molecule has 0 atom stereocenters. The number of likely N-dealkylation sites (N-methyl/N-ethyl adjacent to an activating group) is 1. The SMILES string of the molecule is CCCCOCCCNC(=NC)NCCCCN1CCN(CC)CC1. The molecule has 1 fully saturated rings. The second-order valence-electron chi connectivity index (χ2n) is 6.73. The van der Waals surface area contributed by atoms with E-state index in [2.05, 4.69) is 39.3 Å². The molecule has 0 aromatic carbocycles. The second-order valence-corrected chi connectivity index (χ2v) is 6.73. The van der Waals surface area contributed by atoms with E-state index in [1.807, 2.05) is 7.05 Å². The van der Waals surface area contributed by atoms with Crippen LogP contribution in [0.3, 0.4) is 0 Å². The maximum Gasteiger partial charge on any atom is 0.190 e. The van der Waals surface area contributed by atoms with Crippen LogP contribution < -0.4 is 10.6 Å². The highest BCUT2D eigenvalue weighted by Crippen LogP contribution is 2.02. The van der Waals surface area contributed by atoms with Crippen molar-refractivity contribution >= 4 is 5.96 Å². The van der Waals surface area contributed by atoms with Gasteiger partial charge in [-0.1, -0.05) is 20.3 Å². The maximum absolute atomic E-state index is 5.57. The zero-order valence-corrected chi connectivity index (χ0v) is 16.9. The number of hydrogen-bond donors (Lipinski definition) is 2. The van der Waals surface area contributed by atoms with Crippen LogP contribution in [0, 0.1) is 0 Å². The molecule has 0 unspecified atom stereocenters. The van der Waals surface area contributed by atoms with Crippen molar-refractivity contribution in [3.8, 4) is 0 Å². The molecule has 0 radical (unpaired) electrons. The molecule has 0 spiro atoms. The smallest absolute Gasteiger partial charge is 0.190 e. The molecule has 2 N–H and O–H groups in total. The molecule has 1 heterocycles. The Balaban J connectivity index is 1.93. The predicted molar refractivity (Wildman–Crippen MR) is 107 cm³/mol. The zero-order valence-electron chi connectivity index (χ0n) is 16.9. The van der Waals surface area contributed by atoms with Gasteiger partial charge in [0.15, 0.2) is 5.96 Å². The molecule has 0 aliphatic carbocycles. The van der Waals surface area contributed by atoms with E-state index in [-0.39, 0.29) is 0 Å². The summed E-state index contributed by atoms with van der Waals surface area (Å²) >= 11 is 0. The van der Waals surface area contributed by atoms with Gasteiger partial charge in [-0.15, -0.1) is 0 Å². The third-order valence-corrected chi connectivity index (χ3v) is 4.73. The molecule has 6 nitrogen and oxygen atoms in total. The maximum atomic E-state index is 5.57.